The van der Waals surface area contributed by atoms with Gasteiger partial charge in [0.25, 0.3) is 0 Å². The number of ether oxygens (including phenoxy) is 4. The van der Waals surface area contributed by atoms with Crippen molar-refractivity contribution >= 4 is 5.69 Å². The lowest BCUT2D eigenvalue weighted by Gasteiger charge is -2.17. The molecule has 0 aliphatic heterocycles. The number of benzene rings is 3. The lowest BCUT2D eigenvalue weighted by Crippen LogP contribution is -2.07. The van der Waals surface area contributed by atoms with Crippen LogP contribution in [0, 0.1) is 0 Å². The fourth-order valence-electron chi connectivity index (χ4n) is 4.64. The SMILES string of the molecule is CCCOc1ccc(-c2cc(-c3ccc(N(C)C)cc3)cc(-c3ccc(OCCC)cc3OCCC)n2)c(OCCC)c1. The summed E-state index contributed by atoms with van der Waals surface area (Å²) in [5, 5.41) is 0. The second-order valence-electron chi connectivity index (χ2n) is 10.8. The standard InChI is InChI=1S/C37H46N2O4/c1-7-19-40-30-15-17-32(36(25-30)42-21-9-3)34-23-28(27-11-13-29(14-12-27)39(5)6)24-35(38-34)33-18-16-31(41-20-8-2)26-37(33)43-22-10-4/h11-18,23-26H,7-10,19-22H2,1-6H3. The number of aromatic nitrogens is 1. The van der Waals surface area contributed by atoms with Gasteiger partial charge in [-0.1, -0.05) is 39.8 Å². The molecule has 0 unspecified atom stereocenters. The lowest BCUT2D eigenvalue weighted by molar-refractivity contribution is 0.302. The molecule has 0 bridgehead atoms. The van der Waals surface area contributed by atoms with Crippen LogP contribution in [0.15, 0.2) is 72.8 Å². The van der Waals surface area contributed by atoms with E-state index in [-0.39, 0.29) is 0 Å². The van der Waals surface area contributed by atoms with Gasteiger partial charge >= 0.3 is 0 Å². The Labute approximate surface area is 257 Å². The second kappa shape index (κ2) is 15.9. The van der Waals surface area contributed by atoms with Crippen LogP contribution < -0.4 is 23.8 Å². The zero-order chi connectivity index (χ0) is 30.6. The van der Waals surface area contributed by atoms with Gasteiger partial charge in [0.15, 0.2) is 0 Å². The average molecular weight is 583 g/mol. The van der Waals surface area contributed by atoms with Gasteiger partial charge in [-0.2, -0.15) is 0 Å². The van der Waals surface area contributed by atoms with E-state index < -0.39 is 0 Å². The molecule has 0 spiro atoms. The third-order valence-corrected chi connectivity index (χ3v) is 6.87. The van der Waals surface area contributed by atoms with Crippen LogP contribution in [0.3, 0.4) is 0 Å². The van der Waals surface area contributed by atoms with Crippen LogP contribution >= 0.6 is 0 Å². The van der Waals surface area contributed by atoms with Gasteiger partial charge in [0.1, 0.15) is 23.0 Å². The topological polar surface area (TPSA) is 53.1 Å². The van der Waals surface area contributed by atoms with Crippen molar-refractivity contribution in [3.8, 4) is 56.6 Å². The molecule has 0 amide bonds. The van der Waals surface area contributed by atoms with E-state index in [9.17, 15) is 0 Å². The van der Waals surface area contributed by atoms with Crippen LogP contribution in [0.5, 0.6) is 23.0 Å². The minimum atomic E-state index is 0.608. The summed E-state index contributed by atoms with van der Waals surface area (Å²) in [5.41, 5.74) is 6.80. The van der Waals surface area contributed by atoms with Crippen LogP contribution in [0.4, 0.5) is 5.69 Å². The highest BCUT2D eigenvalue weighted by Gasteiger charge is 2.17. The molecule has 4 aromatic rings. The first-order valence-corrected chi connectivity index (χ1v) is 15.6. The van der Waals surface area contributed by atoms with Gasteiger partial charge in [0, 0.05) is 43.0 Å². The molecule has 3 aromatic carbocycles. The van der Waals surface area contributed by atoms with Crippen molar-refractivity contribution in [1.82, 2.24) is 4.98 Å². The van der Waals surface area contributed by atoms with Crippen LogP contribution in [-0.2, 0) is 0 Å². The predicted octanol–water partition coefficient (Wildman–Crippen LogP) is 9.30. The van der Waals surface area contributed by atoms with Crippen LogP contribution in [-0.4, -0.2) is 45.5 Å². The van der Waals surface area contributed by atoms with Crippen molar-refractivity contribution in [2.24, 2.45) is 0 Å². The Morgan fingerprint density at radius 3 is 1.37 bits per heavy atom. The van der Waals surface area contributed by atoms with E-state index in [1.165, 1.54) is 0 Å². The summed E-state index contributed by atoms with van der Waals surface area (Å²) < 4.78 is 24.4. The molecule has 0 aliphatic carbocycles. The molecule has 0 radical (unpaired) electrons. The quantitative estimate of drug-likeness (QED) is 0.131. The van der Waals surface area contributed by atoms with Crippen LogP contribution in [0.1, 0.15) is 53.4 Å². The molecule has 1 heterocycles. The molecule has 43 heavy (non-hydrogen) atoms. The fraction of sp³-hybridized carbons (Fsp3) is 0.378. The van der Waals surface area contributed by atoms with Crippen molar-refractivity contribution in [2.75, 3.05) is 45.4 Å². The normalized spacial score (nSPS) is 10.8. The Kier molecular flexibility index (Phi) is 11.7. The third kappa shape index (κ3) is 8.44. The lowest BCUT2D eigenvalue weighted by atomic mass is 9.99. The van der Waals surface area contributed by atoms with Gasteiger partial charge in [0.2, 0.25) is 0 Å². The maximum Gasteiger partial charge on any atom is 0.132 e. The van der Waals surface area contributed by atoms with Crippen molar-refractivity contribution in [3.05, 3.63) is 72.8 Å². The molecule has 0 atom stereocenters. The molecule has 0 N–H and O–H groups in total. The highest BCUT2D eigenvalue weighted by Crippen LogP contribution is 2.39. The molecule has 4 rings (SSSR count). The smallest absolute Gasteiger partial charge is 0.132 e. The van der Waals surface area contributed by atoms with E-state index in [1.54, 1.807) is 0 Å². The Balaban J connectivity index is 1.89. The van der Waals surface area contributed by atoms with Crippen molar-refractivity contribution in [1.29, 1.82) is 0 Å². The second-order valence-corrected chi connectivity index (χ2v) is 10.8. The molecule has 228 valence electrons. The van der Waals surface area contributed by atoms with Gasteiger partial charge in [-0.3, -0.25) is 0 Å². The maximum atomic E-state index is 6.26. The number of anilines is 1. The van der Waals surface area contributed by atoms with Gasteiger partial charge in [-0.15, -0.1) is 0 Å². The van der Waals surface area contributed by atoms with E-state index in [0.29, 0.717) is 26.4 Å². The first-order chi connectivity index (χ1) is 21.0. The zero-order valence-corrected chi connectivity index (χ0v) is 26.6. The summed E-state index contributed by atoms with van der Waals surface area (Å²) in [6.07, 6.45) is 3.69. The number of hydrogen-bond donors (Lipinski definition) is 0. The average Bonchev–Trinajstić information content (AvgIpc) is 3.04. The predicted molar refractivity (Wildman–Crippen MR) is 178 cm³/mol. The summed E-state index contributed by atoms with van der Waals surface area (Å²) in [6, 6.07) is 24.9. The Bertz CT molecular complexity index is 1370. The van der Waals surface area contributed by atoms with Gasteiger partial charge in [0.05, 0.1) is 37.8 Å². The fourth-order valence-corrected chi connectivity index (χ4v) is 4.64. The molecule has 0 fully saturated rings. The number of rotatable bonds is 16. The molecule has 1 aromatic heterocycles. The number of hydrogen-bond acceptors (Lipinski definition) is 6. The molecule has 6 heteroatoms. The van der Waals surface area contributed by atoms with E-state index in [4.69, 9.17) is 23.9 Å². The minimum Gasteiger partial charge on any atom is -0.493 e. The maximum absolute atomic E-state index is 6.26. The highest BCUT2D eigenvalue weighted by molar-refractivity contribution is 5.81. The van der Waals surface area contributed by atoms with E-state index in [1.807, 2.05) is 24.3 Å². The molecular weight excluding hydrogens is 536 g/mol. The number of pyridine rings is 1. The van der Waals surface area contributed by atoms with E-state index in [0.717, 1.165) is 88.0 Å². The Morgan fingerprint density at radius 1 is 0.512 bits per heavy atom. The Morgan fingerprint density at radius 2 is 0.953 bits per heavy atom. The van der Waals surface area contributed by atoms with Gasteiger partial charge < -0.3 is 23.8 Å². The van der Waals surface area contributed by atoms with Crippen LogP contribution in [0.2, 0.25) is 0 Å². The summed E-state index contributed by atoms with van der Waals surface area (Å²) in [7, 11) is 4.10. The summed E-state index contributed by atoms with van der Waals surface area (Å²) in [4.78, 5) is 7.32. The van der Waals surface area contributed by atoms with Gasteiger partial charge in [-0.05, 0) is 85.3 Å². The first kappa shape index (κ1) is 31.7. The molecule has 0 saturated carbocycles. The highest BCUT2D eigenvalue weighted by atomic mass is 16.5. The summed E-state index contributed by atoms with van der Waals surface area (Å²) in [6.45, 7) is 11.0. The minimum absolute atomic E-state index is 0.608. The summed E-state index contributed by atoms with van der Waals surface area (Å²) >= 11 is 0. The van der Waals surface area contributed by atoms with Crippen LogP contribution in [0.25, 0.3) is 33.6 Å². The molecule has 0 saturated heterocycles. The number of nitrogens with zero attached hydrogens (tertiary/aromatic N) is 2. The zero-order valence-electron chi connectivity index (χ0n) is 26.6. The molecule has 6 nitrogen and oxygen atoms in total. The van der Waals surface area contributed by atoms with E-state index in [2.05, 4.69) is 95.2 Å². The molecule has 0 aliphatic rings. The van der Waals surface area contributed by atoms with Crippen molar-refractivity contribution in [2.45, 2.75) is 53.4 Å². The third-order valence-electron chi connectivity index (χ3n) is 6.87. The van der Waals surface area contributed by atoms with Crippen molar-refractivity contribution in [3.63, 3.8) is 0 Å². The first-order valence-electron chi connectivity index (χ1n) is 15.6. The monoisotopic (exact) mass is 582 g/mol. The summed E-state index contributed by atoms with van der Waals surface area (Å²) in [5.74, 6) is 3.12. The van der Waals surface area contributed by atoms with E-state index >= 15 is 0 Å². The Hall–Kier alpha value is -4.19. The molecular formula is C37H46N2O4. The largest absolute Gasteiger partial charge is 0.493 e. The van der Waals surface area contributed by atoms with Gasteiger partial charge in [-0.25, -0.2) is 4.98 Å². The van der Waals surface area contributed by atoms with Crippen molar-refractivity contribution < 1.29 is 18.9 Å².